The summed E-state index contributed by atoms with van der Waals surface area (Å²) in [6.07, 6.45) is 36.4. The minimum absolute atomic E-state index is 0.772. The third kappa shape index (κ3) is 17.2. The molecule has 0 aromatic carbocycles. The van der Waals surface area contributed by atoms with Gasteiger partial charge in [-0.15, -0.1) is 0 Å². The van der Waals surface area contributed by atoms with Crippen molar-refractivity contribution in [1.82, 2.24) is 4.90 Å². The Hall–Kier alpha value is -0.300. The summed E-state index contributed by atoms with van der Waals surface area (Å²) >= 11 is 0. The summed E-state index contributed by atoms with van der Waals surface area (Å²) in [7, 11) is 4.54. The van der Waals surface area contributed by atoms with E-state index in [0.29, 0.717) is 0 Å². The number of unbranched alkanes of at least 4 members (excludes halogenated alkanes) is 13. The first-order valence-electron chi connectivity index (χ1n) is 15.0. The van der Waals surface area contributed by atoms with Crippen LogP contribution in [0.15, 0.2) is 12.2 Å². The van der Waals surface area contributed by atoms with Crippen LogP contribution in [0.25, 0.3) is 0 Å². The van der Waals surface area contributed by atoms with Crippen molar-refractivity contribution in [3.05, 3.63) is 12.2 Å². The van der Waals surface area contributed by atoms with Gasteiger partial charge in [0, 0.05) is 6.04 Å². The first-order valence-corrected chi connectivity index (χ1v) is 15.0. The maximum absolute atomic E-state index is 2.46. The van der Waals surface area contributed by atoms with Crippen LogP contribution in [0.1, 0.15) is 155 Å². The molecule has 1 aliphatic carbocycles. The van der Waals surface area contributed by atoms with Crippen molar-refractivity contribution < 1.29 is 0 Å². The minimum atomic E-state index is 0.772. The van der Waals surface area contributed by atoms with E-state index >= 15 is 0 Å². The van der Waals surface area contributed by atoms with Crippen molar-refractivity contribution in [2.75, 3.05) is 14.1 Å². The number of allylic oxidation sites excluding steroid dienone is 2. The van der Waals surface area contributed by atoms with Gasteiger partial charge in [-0.3, -0.25) is 0 Å². The van der Waals surface area contributed by atoms with E-state index in [0.717, 1.165) is 17.9 Å². The number of hydrogen-bond donors (Lipinski definition) is 0. The zero-order valence-corrected chi connectivity index (χ0v) is 22.9. The Morgan fingerprint density at radius 2 is 1.09 bits per heavy atom. The van der Waals surface area contributed by atoms with Crippen LogP contribution in [0.3, 0.4) is 0 Å². The Labute approximate surface area is 204 Å². The summed E-state index contributed by atoms with van der Waals surface area (Å²) in [5, 5.41) is 0. The van der Waals surface area contributed by atoms with Gasteiger partial charge in [0.25, 0.3) is 0 Å². The first-order chi connectivity index (χ1) is 15.7. The third-order valence-electron chi connectivity index (χ3n) is 7.90. The quantitative estimate of drug-likeness (QED) is 0.105. The molecule has 0 bridgehead atoms. The average molecular weight is 448 g/mol. The predicted octanol–water partition coefficient (Wildman–Crippen LogP) is 10.3. The molecule has 3 atom stereocenters. The molecular formula is C31H61N. The van der Waals surface area contributed by atoms with Crippen LogP contribution in [-0.2, 0) is 0 Å². The summed E-state index contributed by atoms with van der Waals surface area (Å²) in [6.45, 7) is 4.60. The Balaban J connectivity index is 1.88. The van der Waals surface area contributed by atoms with E-state index in [4.69, 9.17) is 0 Å². The lowest BCUT2D eigenvalue weighted by Gasteiger charge is -2.23. The zero-order chi connectivity index (χ0) is 23.3. The highest BCUT2D eigenvalue weighted by atomic mass is 15.1. The molecule has 0 aromatic rings. The fourth-order valence-corrected chi connectivity index (χ4v) is 5.40. The van der Waals surface area contributed by atoms with Crippen molar-refractivity contribution in [1.29, 1.82) is 0 Å². The van der Waals surface area contributed by atoms with E-state index in [2.05, 4.69) is 45.0 Å². The molecule has 32 heavy (non-hydrogen) atoms. The van der Waals surface area contributed by atoms with Crippen LogP contribution >= 0.6 is 0 Å². The summed E-state index contributed by atoms with van der Waals surface area (Å²) in [4.78, 5) is 2.46. The Morgan fingerprint density at radius 3 is 1.69 bits per heavy atom. The largest absolute Gasteiger partial charge is 0.306 e. The van der Waals surface area contributed by atoms with Gasteiger partial charge in [-0.1, -0.05) is 129 Å². The number of rotatable bonds is 24. The highest BCUT2D eigenvalue weighted by Gasteiger charge is 2.34. The lowest BCUT2D eigenvalue weighted by Crippen LogP contribution is -2.27. The lowest BCUT2D eigenvalue weighted by atomic mass is 10.0. The highest BCUT2D eigenvalue weighted by Crippen LogP contribution is 2.45. The molecule has 0 saturated heterocycles. The summed E-state index contributed by atoms with van der Waals surface area (Å²) in [5.74, 6) is 2.24. The van der Waals surface area contributed by atoms with Gasteiger partial charge >= 0.3 is 0 Å². The second-order valence-corrected chi connectivity index (χ2v) is 11.2. The minimum Gasteiger partial charge on any atom is -0.306 e. The molecule has 1 heteroatoms. The van der Waals surface area contributed by atoms with Crippen molar-refractivity contribution >= 4 is 0 Å². The molecule has 1 nitrogen and oxygen atoms in total. The first kappa shape index (κ1) is 29.7. The van der Waals surface area contributed by atoms with Gasteiger partial charge in [-0.05, 0) is 64.5 Å². The van der Waals surface area contributed by atoms with Crippen LogP contribution in [-0.4, -0.2) is 25.0 Å². The number of nitrogens with zero attached hydrogens (tertiary/aromatic N) is 1. The fourth-order valence-electron chi connectivity index (χ4n) is 5.40. The fraction of sp³-hybridized carbons (Fsp3) is 0.935. The smallest absolute Gasteiger partial charge is 0.00921 e. The van der Waals surface area contributed by atoms with Gasteiger partial charge in [0.15, 0.2) is 0 Å². The molecule has 1 aliphatic rings. The number of hydrogen-bond acceptors (Lipinski definition) is 1. The Kier molecular flexibility index (Phi) is 19.7. The molecule has 190 valence electrons. The summed E-state index contributed by atoms with van der Waals surface area (Å²) < 4.78 is 0. The second kappa shape index (κ2) is 21.2. The van der Waals surface area contributed by atoms with Crippen LogP contribution in [0.2, 0.25) is 0 Å². The van der Waals surface area contributed by atoms with Crippen LogP contribution in [0, 0.1) is 11.8 Å². The molecule has 3 unspecified atom stereocenters. The molecule has 0 aliphatic heterocycles. The highest BCUT2D eigenvalue weighted by molar-refractivity contribution is 4.86. The molecule has 0 amide bonds. The SMILES string of the molecule is CCCCC/C=C\CCC(CCCCCCCCC1CC1CCCCCCCC)N(C)C. The maximum Gasteiger partial charge on any atom is 0.00921 e. The predicted molar refractivity (Wildman–Crippen MR) is 147 cm³/mol. The van der Waals surface area contributed by atoms with Crippen molar-refractivity contribution in [2.24, 2.45) is 11.8 Å². The maximum atomic E-state index is 2.46. The Bertz CT molecular complexity index is 413. The molecule has 0 aromatic heterocycles. The molecule has 0 heterocycles. The molecule has 1 fully saturated rings. The molecular weight excluding hydrogens is 386 g/mol. The normalized spacial score (nSPS) is 19.3. The summed E-state index contributed by atoms with van der Waals surface area (Å²) in [5.41, 5.74) is 0. The monoisotopic (exact) mass is 447 g/mol. The van der Waals surface area contributed by atoms with E-state index in [1.807, 2.05) is 0 Å². The van der Waals surface area contributed by atoms with E-state index in [1.54, 1.807) is 12.8 Å². The van der Waals surface area contributed by atoms with Gasteiger partial charge in [0.1, 0.15) is 0 Å². The summed E-state index contributed by atoms with van der Waals surface area (Å²) in [6, 6.07) is 0.772. The van der Waals surface area contributed by atoms with Crippen molar-refractivity contribution in [2.45, 2.75) is 161 Å². The lowest BCUT2D eigenvalue weighted by molar-refractivity contribution is 0.258. The standard InChI is InChI=1S/C31H61N/c1-5-7-9-11-13-18-22-26-31(32(3)4)27-23-19-15-14-17-21-25-30-28-29(30)24-20-16-12-10-8-6-2/h13,18,29-31H,5-12,14-17,19-28H2,1-4H3/b18-13-. The van der Waals surface area contributed by atoms with Gasteiger partial charge < -0.3 is 4.90 Å². The van der Waals surface area contributed by atoms with Crippen LogP contribution < -0.4 is 0 Å². The molecule has 0 radical (unpaired) electrons. The molecule has 0 N–H and O–H groups in total. The van der Waals surface area contributed by atoms with Crippen LogP contribution in [0.4, 0.5) is 0 Å². The van der Waals surface area contributed by atoms with E-state index in [-0.39, 0.29) is 0 Å². The Morgan fingerprint density at radius 1 is 0.594 bits per heavy atom. The van der Waals surface area contributed by atoms with Gasteiger partial charge in [0.05, 0.1) is 0 Å². The van der Waals surface area contributed by atoms with E-state index < -0.39 is 0 Å². The van der Waals surface area contributed by atoms with Crippen molar-refractivity contribution in [3.63, 3.8) is 0 Å². The molecule has 1 rings (SSSR count). The van der Waals surface area contributed by atoms with Crippen LogP contribution in [0.5, 0.6) is 0 Å². The third-order valence-corrected chi connectivity index (χ3v) is 7.90. The average Bonchev–Trinajstić information content (AvgIpc) is 3.53. The zero-order valence-electron chi connectivity index (χ0n) is 22.9. The van der Waals surface area contributed by atoms with Gasteiger partial charge in [-0.2, -0.15) is 0 Å². The molecule has 1 saturated carbocycles. The molecule has 0 spiro atoms. The second-order valence-electron chi connectivity index (χ2n) is 11.2. The van der Waals surface area contributed by atoms with Gasteiger partial charge in [-0.25, -0.2) is 0 Å². The van der Waals surface area contributed by atoms with Crippen molar-refractivity contribution in [3.8, 4) is 0 Å². The van der Waals surface area contributed by atoms with E-state index in [1.165, 1.54) is 128 Å². The van der Waals surface area contributed by atoms with E-state index in [9.17, 15) is 0 Å². The van der Waals surface area contributed by atoms with Gasteiger partial charge in [0.2, 0.25) is 0 Å². The topological polar surface area (TPSA) is 3.24 Å².